The average Bonchev–Trinajstić information content (AvgIpc) is 3.44. The Kier molecular flexibility index (Phi) is 15.5. The summed E-state index contributed by atoms with van der Waals surface area (Å²) in [6.07, 6.45) is -1.22. The van der Waals surface area contributed by atoms with E-state index < -0.39 is 117 Å². The summed E-state index contributed by atoms with van der Waals surface area (Å²) in [5.41, 5.74) is -9.66. The van der Waals surface area contributed by atoms with Crippen LogP contribution in [0.25, 0.3) is 0 Å². The predicted octanol–water partition coefficient (Wildman–Crippen LogP) is 3.25. The minimum absolute atomic E-state index is 0.110. The number of hydrogen-bond donors (Lipinski definition) is 8. The summed E-state index contributed by atoms with van der Waals surface area (Å²) in [6.45, 7) is 17.5. The number of carboxylic acid groups (broad SMARTS) is 1. The van der Waals surface area contributed by atoms with E-state index in [1.807, 2.05) is 11.8 Å². The topological polar surface area (TPSA) is 244 Å². The van der Waals surface area contributed by atoms with Gasteiger partial charge in [-0.1, -0.05) is 46.3 Å². The molecule has 64 heavy (non-hydrogen) atoms. The number of carboxylic acids is 1. The molecule has 15 nitrogen and oxygen atoms in total. The maximum Gasteiger partial charge on any atom is 0.349 e. The highest BCUT2D eigenvalue weighted by Crippen LogP contribution is 2.71. The molecule has 1 aliphatic heterocycles. The second-order valence-corrected chi connectivity index (χ2v) is 21.3. The SMILES string of the molecule is CC[C@H]1OC(=O)[C@H](C)[C@@H](O)[C@H](C)[C@@H](O)[C@](C)(O)C[C@@H](C)CN(CCCNCCC(=O)O[C@]2(C(=O)O)[C@H](C)CC3C4CCC5=CC(=O)C=C[C@]5(C)[C@@]4(F)[C@@H](O)C[C@@]32C)[C@H](C)[C@@H](O)[C@]1(C)O. The van der Waals surface area contributed by atoms with Crippen LogP contribution < -0.4 is 5.32 Å². The lowest BCUT2D eigenvalue weighted by Gasteiger charge is -2.62. The normalized spacial score (nSPS) is 47.0. The van der Waals surface area contributed by atoms with Gasteiger partial charge in [-0.2, -0.15) is 0 Å². The highest BCUT2D eigenvalue weighted by molar-refractivity contribution is 6.01. The molecule has 1 heterocycles. The van der Waals surface area contributed by atoms with Gasteiger partial charge < -0.3 is 50.5 Å². The van der Waals surface area contributed by atoms with Crippen molar-refractivity contribution >= 4 is 23.7 Å². The van der Waals surface area contributed by atoms with Crippen LogP contribution in [-0.2, 0) is 28.7 Å². The molecule has 4 fully saturated rings. The summed E-state index contributed by atoms with van der Waals surface area (Å²) >= 11 is 0. The molecular weight excluding hydrogens is 832 g/mol. The van der Waals surface area contributed by atoms with Crippen LogP contribution in [0.2, 0.25) is 0 Å². The molecule has 364 valence electrons. The van der Waals surface area contributed by atoms with Crippen molar-refractivity contribution in [3.8, 4) is 0 Å². The number of halogens is 1. The lowest BCUT2D eigenvalue weighted by Crippen LogP contribution is -2.69. The molecule has 5 rings (SSSR count). The number of hydrogen-bond acceptors (Lipinski definition) is 14. The summed E-state index contributed by atoms with van der Waals surface area (Å²) in [7, 11) is 0. The summed E-state index contributed by atoms with van der Waals surface area (Å²) < 4.78 is 29.4. The smallest absolute Gasteiger partial charge is 0.349 e. The number of rotatable bonds is 10. The summed E-state index contributed by atoms with van der Waals surface area (Å²) in [6, 6.07) is -0.688. The molecule has 1 saturated heterocycles. The third kappa shape index (κ3) is 8.88. The van der Waals surface area contributed by atoms with Crippen LogP contribution in [0.15, 0.2) is 23.8 Å². The number of aliphatic hydroxyl groups is 6. The standard InChI is InChI=1S/C48H77FN2O13/c1-11-36-46(10,62)40(57)30(6)51(25-26(2)23-45(9,61)39(56)28(4)38(55)29(5)41(58)63-36)20-12-18-50-19-16-37(54)64-48(42(59)60)27(3)21-34-33-14-13-31-22-32(52)15-17-43(31,7)47(33,49)35(53)24-44(34,48)8/h15,17,22,26-30,33-36,38-40,50,53,55-57,61-62H,11-14,16,18-21,23-25H2,1-10H3,(H,59,60)/t26-,27-,28+,29-,30-,33?,34?,35+,36-,38+,39-,40-,43+,44+,45-,46-,47+,48+/m1/s1. The molecule has 16 heteroatoms. The van der Waals surface area contributed by atoms with Gasteiger partial charge >= 0.3 is 17.9 Å². The van der Waals surface area contributed by atoms with E-state index in [9.17, 15) is 54.9 Å². The van der Waals surface area contributed by atoms with Crippen molar-refractivity contribution in [1.29, 1.82) is 0 Å². The lowest BCUT2D eigenvalue weighted by atomic mass is 9.44. The third-order valence-electron chi connectivity index (χ3n) is 16.9. The van der Waals surface area contributed by atoms with Gasteiger partial charge in [0.2, 0.25) is 5.60 Å². The number of aliphatic carboxylic acids is 1. The fourth-order valence-electron chi connectivity index (χ4n) is 13.0. The fraction of sp³-hybridized carbons (Fsp3) is 0.833. The molecule has 0 aromatic rings. The van der Waals surface area contributed by atoms with Crippen molar-refractivity contribution in [2.75, 3.05) is 26.2 Å². The van der Waals surface area contributed by atoms with E-state index in [0.29, 0.717) is 44.5 Å². The first-order valence-electron chi connectivity index (χ1n) is 23.5. The number of fused-ring (bicyclic) bond motifs is 5. The molecule has 8 N–H and O–H groups in total. The highest BCUT2D eigenvalue weighted by Gasteiger charge is 2.77. The van der Waals surface area contributed by atoms with Crippen LogP contribution in [-0.4, -0.2) is 150 Å². The molecule has 2 unspecified atom stereocenters. The van der Waals surface area contributed by atoms with Crippen molar-refractivity contribution in [2.24, 2.45) is 46.3 Å². The zero-order valence-corrected chi connectivity index (χ0v) is 39.6. The Hall–Kier alpha value is -2.83. The molecule has 0 aromatic carbocycles. The van der Waals surface area contributed by atoms with Gasteiger partial charge in [-0.05, 0) is 117 Å². The van der Waals surface area contributed by atoms with E-state index in [0.717, 1.165) is 0 Å². The van der Waals surface area contributed by atoms with E-state index in [1.165, 1.54) is 32.9 Å². The van der Waals surface area contributed by atoms with E-state index >= 15 is 4.39 Å². The highest BCUT2D eigenvalue weighted by atomic mass is 19.1. The van der Waals surface area contributed by atoms with Gasteiger partial charge in [0.25, 0.3) is 0 Å². The Bertz CT molecular complexity index is 1810. The van der Waals surface area contributed by atoms with Gasteiger partial charge in [0, 0.05) is 47.7 Å². The minimum Gasteiger partial charge on any atom is -0.478 e. The third-order valence-corrected chi connectivity index (χ3v) is 16.9. The van der Waals surface area contributed by atoms with E-state index in [4.69, 9.17) is 9.47 Å². The lowest BCUT2D eigenvalue weighted by molar-refractivity contribution is -0.234. The number of ether oxygens (including phenoxy) is 2. The molecule has 5 aliphatic rings. The molecule has 18 atom stereocenters. The number of nitrogens with one attached hydrogen (secondary N) is 1. The molecular formula is C48H77FN2O13. The van der Waals surface area contributed by atoms with Gasteiger partial charge in [-0.3, -0.25) is 19.3 Å². The monoisotopic (exact) mass is 909 g/mol. The average molecular weight is 909 g/mol. The summed E-state index contributed by atoms with van der Waals surface area (Å²) in [5.74, 6) is -7.37. The molecule has 0 radical (unpaired) electrons. The van der Waals surface area contributed by atoms with Crippen LogP contribution in [0.5, 0.6) is 0 Å². The second kappa shape index (κ2) is 19.0. The molecule has 0 amide bonds. The molecule has 0 aromatic heterocycles. The first-order chi connectivity index (χ1) is 29.6. The molecule has 0 spiro atoms. The van der Waals surface area contributed by atoms with Crippen molar-refractivity contribution in [3.63, 3.8) is 0 Å². The zero-order valence-electron chi connectivity index (χ0n) is 39.6. The molecule has 3 saturated carbocycles. The number of carbonyl (C=O) groups excluding carboxylic acids is 3. The Balaban J connectivity index is 1.25. The van der Waals surface area contributed by atoms with E-state index in [1.54, 1.807) is 47.6 Å². The van der Waals surface area contributed by atoms with Crippen molar-refractivity contribution in [3.05, 3.63) is 23.8 Å². The number of cyclic esters (lactones) is 1. The number of esters is 2. The van der Waals surface area contributed by atoms with Gasteiger partial charge in [-0.25, -0.2) is 9.18 Å². The van der Waals surface area contributed by atoms with Crippen LogP contribution in [0.4, 0.5) is 4.39 Å². The maximum absolute atomic E-state index is 17.7. The Morgan fingerprint density at radius 2 is 1.62 bits per heavy atom. The fourth-order valence-corrected chi connectivity index (χ4v) is 13.0. The van der Waals surface area contributed by atoms with Crippen molar-refractivity contribution in [1.82, 2.24) is 10.2 Å². The number of ketones is 1. The van der Waals surface area contributed by atoms with Crippen LogP contribution >= 0.6 is 0 Å². The van der Waals surface area contributed by atoms with Crippen molar-refractivity contribution < 1.29 is 68.8 Å². The largest absolute Gasteiger partial charge is 0.478 e. The summed E-state index contributed by atoms with van der Waals surface area (Å²) in [4.78, 5) is 54.4. The number of nitrogens with zero attached hydrogens (tertiary/aromatic N) is 1. The van der Waals surface area contributed by atoms with Crippen LogP contribution in [0, 0.1) is 46.3 Å². The molecule has 0 bridgehead atoms. The van der Waals surface area contributed by atoms with Gasteiger partial charge in [0.15, 0.2) is 11.5 Å². The Morgan fingerprint density at radius 1 is 0.969 bits per heavy atom. The maximum atomic E-state index is 17.7. The van der Waals surface area contributed by atoms with Gasteiger partial charge in [0.1, 0.15) is 17.8 Å². The number of allylic oxidation sites excluding steroid dienone is 4. The van der Waals surface area contributed by atoms with Crippen LogP contribution in [0.3, 0.4) is 0 Å². The van der Waals surface area contributed by atoms with E-state index in [-0.39, 0.29) is 50.4 Å². The number of carbonyl (C=O) groups is 4. The minimum atomic E-state index is -2.16. The van der Waals surface area contributed by atoms with Gasteiger partial charge in [-0.15, -0.1) is 0 Å². The Morgan fingerprint density at radius 3 is 2.25 bits per heavy atom. The number of aliphatic hydroxyl groups excluding tert-OH is 4. The first-order valence-corrected chi connectivity index (χ1v) is 23.5. The first kappa shape index (κ1) is 52.1. The summed E-state index contributed by atoms with van der Waals surface area (Å²) in [5, 5.41) is 82.9. The van der Waals surface area contributed by atoms with Gasteiger partial charge in [0.05, 0.1) is 36.3 Å². The quantitative estimate of drug-likeness (QED) is 0.116. The van der Waals surface area contributed by atoms with Crippen molar-refractivity contribution in [2.45, 2.75) is 180 Å². The second-order valence-electron chi connectivity index (χ2n) is 21.3. The molecule has 4 aliphatic carbocycles. The van der Waals surface area contributed by atoms with E-state index in [2.05, 4.69) is 5.32 Å². The Labute approximate surface area is 377 Å². The predicted molar refractivity (Wildman–Crippen MR) is 234 cm³/mol. The van der Waals surface area contributed by atoms with Crippen LogP contribution in [0.1, 0.15) is 121 Å². The number of alkyl halides is 1. The zero-order chi connectivity index (χ0) is 48.1.